The highest BCUT2D eigenvalue weighted by Crippen LogP contribution is 2.17. The summed E-state index contributed by atoms with van der Waals surface area (Å²) in [5.41, 5.74) is 2.49. The Labute approximate surface area is 161 Å². The van der Waals surface area contributed by atoms with Gasteiger partial charge in [0.15, 0.2) is 0 Å². The van der Waals surface area contributed by atoms with E-state index in [2.05, 4.69) is 10.2 Å². The van der Waals surface area contributed by atoms with E-state index in [-0.39, 0.29) is 24.1 Å². The van der Waals surface area contributed by atoms with E-state index < -0.39 is 0 Å². The van der Waals surface area contributed by atoms with Crippen molar-refractivity contribution in [3.05, 3.63) is 65.1 Å². The van der Waals surface area contributed by atoms with Crippen LogP contribution >= 0.6 is 0 Å². The number of hydrogen-bond donors (Lipinski definition) is 1. The van der Waals surface area contributed by atoms with Crippen molar-refractivity contribution in [2.45, 2.75) is 13.3 Å². The molecule has 4 rings (SSSR count). The Morgan fingerprint density at radius 1 is 1.07 bits per heavy atom. The summed E-state index contributed by atoms with van der Waals surface area (Å²) < 4.78 is 13.7. The number of piperazine rings is 1. The zero-order valence-corrected chi connectivity index (χ0v) is 15.6. The van der Waals surface area contributed by atoms with E-state index in [1.165, 1.54) is 6.07 Å². The van der Waals surface area contributed by atoms with Crippen molar-refractivity contribution < 1.29 is 14.0 Å². The normalized spacial score (nSPS) is 14.5. The first-order valence-electron chi connectivity index (χ1n) is 9.28. The lowest BCUT2D eigenvalue weighted by Crippen LogP contribution is -2.51. The molecule has 1 aliphatic rings. The Morgan fingerprint density at radius 2 is 1.79 bits per heavy atom. The standard InChI is InChI=1S/C21H21FN4O2/c1-14-6-7-15(12-17(14)22)21(28)26-10-8-25(9-11-26)20(27)13-19-16-4-2-3-5-18(16)23-24-19/h2-7,12H,8-11,13H2,1H3,(H,23,24). The molecule has 0 aliphatic carbocycles. The van der Waals surface area contributed by atoms with Crippen molar-refractivity contribution in [2.24, 2.45) is 0 Å². The van der Waals surface area contributed by atoms with Gasteiger partial charge in [-0.1, -0.05) is 24.3 Å². The van der Waals surface area contributed by atoms with Gasteiger partial charge in [-0.15, -0.1) is 0 Å². The predicted octanol–water partition coefficient (Wildman–Crippen LogP) is 2.54. The van der Waals surface area contributed by atoms with Crippen molar-refractivity contribution in [2.75, 3.05) is 26.2 Å². The maximum absolute atomic E-state index is 13.7. The highest BCUT2D eigenvalue weighted by atomic mass is 19.1. The lowest BCUT2D eigenvalue weighted by Gasteiger charge is -2.34. The Hall–Kier alpha value is -3.22. The van der Waals surface area contributed by atoms with Crippen molar-refractivity contribution in [1.82, 2.24) is 20.0 Å². The molecule has 2 amide bonds. The summed E-state index contributed by atoms with van der Waals surface area (Å²) in [7, 11) is 0. The molecule has 0 saturated carbocycles. The van der Waals surface area contributed by atoms with Crippen molar-refractivity contribution in [3.63, 3.8) is 0 Å². The number of H-pyrrole nitrogens is 1. The number of aromatic amines is 1. The molecule has 28 heavy (non-hydrogen) atoms. The van der Waals surface area contributed by atoms with Crippen LogP contribution in [-0.2, 0) is 11.2 Å². The second-order valence-electron chi connectivity index (χ2n) is 7.03. The van der Waals surface area contributed by atoms with Gasteiger partial charge < -0.3 is 9.80 Å². The number of nitrogens with one attached hydrogen (secondary N) is 1. The maximum atomic E-state index is 13.7. The number of carbonyl (C=O) groups excluding carboxylic acids is 2. The van der Waals surface area contributed by atoms with E-state index in [9.17, 15) is 14.0 Å². The number of hydrogen-bond acceptors (Lipinski definition) is 3. The van der Waals surface area contributed by atoms with Crippen LogP contribution in [-0.4, -0.2) is 58.0 Å². The second-order valence-corrected chi connectivity index (χ2v) is 7.03. The van der Waals surface area contributed by atoms with Crippen LogP contribution in [0, 0.1) is 12.7 Å². The molecule has 1 aliphatic heterocycles. The summed E-state index contributed by atoms with van der Waals surface area (Å²) in [6.45, 7) is 3.46. The summed E-state index contributed by atoms with van der Waals surface area (Å²) in [5, 5.41) is 8.11. The van der Waals surface area contributed by atoms with Crippen LogP contribution < -0.4 is 0 Å². The van der Waals surface area contributed by atoms with Crippen LogP contribution in [0.5, 0.6) is 0 Å². The molecule has 1 saturated heterocycles. The minimum atomic E-state index is -0.383. The number of aryl methyl sites for hydroxylation is 1. The molecule has 1 fully saturated rings. The number of halogens is 1. The fourth-order valence-electron chi connectivity index (χ4n) is 3.48. The molecular weight excluding hydrogens is 359 g/mol. The Bertz CT molecular complexity index is 1040. The van der Waals surface area contributed by atoms with Gasteiger partial charge in [-0.2, -0.15) is 5.10 Å². The van der Waals surface area contributed by atoms with E-state index in [0.717, 1.165) is 16.6 Å². The molecule has 144 valence electrons. The molecule has 0 spiro atoms. The van der Waals surface area contributed by atoms with Crippen molar-refractivity contribution >= 4 is 22.7 Å². The molecule has 1 N–H and O–H groups in total. The number of amides is 2. The molecule has 6 nitrogen and oxygen atoms in total. The topological polar surface area (TPSA) is 69.3 Å². The number of rotatable bonds is 3. The fourth-order valence-corrected chi connectivity index (χ4v) is 3.48. The maximum Gasteiger partial charge on any atom is 0.254 e. The molecule has 0 radical (unpaired) electrons. The minimum Gasteiger partial charge on any atom is -0.339 e. The third kappa shape index (κ3) is 3.47. The van der Waals surface area contributed by atoms with Gasteiger partial charge in [-0.3, -0.25) is 14.7 Å². The van der Waals surface area contributed by atoms with Crippen molar-refractivity contribution in [1.29, 1.82) is 0 Å². The van der Waals surface area contributed by atoms with E-state index >= 15 is 0 Å². The molecule has 0 bridgehead atoms. The zero-order chi connectivity index (χ0) is 19.7. The molecule has 2 aromatic carbocycles. The molecule has 2 heterocycles. The zero-order valence-electron chi connectivity index (χ0n) is 15.6. The number of nitrogens with zero attached hydrogens (tertiary/aromatic N) is 3. The second kappa shape index (κ2) is 7.42. The molecule has 3 aromatic rings. The highest BCUT2D eigenvalue weighted by molar-refractivity contribution is 5.94. The van der Waals surface area contributed by atoms with Crippen LogP contribution in [0.25, 0.3) is 10.9 Å². The quantitative estimate of drug-likeness (QED) is 0.759. The summed E-state index contributed by atoms with van der Waals surface area (Å²) in [6.07, 6.45) is 0.248. The Morgan fingerprint density at radius 3 is 2.54 bits per heavy atom. The van der Waals surface area contributed by atoms with Gasteiger partial charge >= 0.3 is 0 Å². The first-order valence-corrected chi connectivity index (χ1v) is 9.28. The van der Waals surface area contributed by atoms with Crippen LogP contribution in [0.4, 0.5) is 4.39 Å². The van der Waals surface area contributed by atoms with Gasteiger partial charge in [-0.05, 0) is 30.7 Å². The highest BCUT2D eigenvalue weighted by Gasteiger charge is 2.25. The van der Waals surface area contributed by atoms with Crippen LogP contribution in [0.3, 0.4) is 0 Å². The molecule has 0 atom stereocenters. The Balaban J connectivity index is 1.37. The van der Waals surface area contributed by atoms with Gasteiger partial charge in [-0.25, -0.2) is 4.39 Å². The van der Waals surface area contributed by atoms with E-state index in [4.69, 9.17) is 0 Å². The van der Waals surface area contributed by atoms with Gasteiger partial charge in [0.1, 0.15) is 5.82 Å². The van der Waals surface area contributed by atoms with Gasteiger partial charge in [0.05, 0.1) is 17.6 Å². The average Bonchev–Trinajstić information content (AvgIpc) is 3.12. The number of fused-ring (bicyclic) bond motifs is 1. The third-order valence-electron chi connectivity index (χ3n) is 5.21. The monoisotopic (exact) mass is 380 g/mol. The van der Waals surface area contributed by atoms with E-state index in [1.54, 1.807) is 28.9 Å². The fraction of sp³-hybridized carbons (Fsp3) is 0.286. The molecule has 1 aromatic heterocycles. The van der Waals surface area contributed by atoms with E-state index in [1.807, 2.05) is 24.3 Å². The van der Waals surface area contributed by atoms with Crippen LogP contribution in [0.15, 0.2) is 42.5 Å². The smallest absolute Gasteiger partial charge is 0.254 e. The molecular formula is C21H21FN4O2. The lowest BCUT2D eigenvalue weighted by molar-refractivity contribution is -0.131. The number of benzene rings is 2. The SMILES string of the molecule is Cc1ccc(C(=O)N2CCN(C(=O)Cc3[nH]nc4ccccc34)CC2)cc1F. The number of carbonyl (C=O) groups is 2. The van der Waals surface area contributed by atoms with Crippen molar-refractivity contribution in [3.8, 4) is 0 Å². The summed E-state index contributed by atoms with van der Waals surface area (Å²) in [5.74, 6) is -0.583. The minimum absolute atomic E-state index is 0.00267. The predicted molar refractivity (Wildman–Crippen MR) is 103 cm³/mol. The molecule has 7 heteroatoms. The lowest BCUT2D eigenvalue weighted by atomic mass is 10.1. The average molecular weight is 380 g/mol. The first-order chi connectivity index (χ1) is 13.5. The van der Waals surface area contributed by atoms with Gasteiger partial charge in [0.25, 0.3) is 5.91 Å². The molecule has 0 unspecified atom stereocenters. The summed E-state index contributed by atoms with van der Waals surface area (Å²) in [6, 6.07) is 12.2. The number of aromatic nitrogens is 2. The van der Waals surface area contributed by atoms with E-state index in [0.29, 0.717) is 37.3 Å². The van der Waals surface area contributed by atoms with Crippen LogP contribution in [0.1, 0.15) is 21.6 Å². The summed E-state index contributed by atoms with van der Waals surface area (Å²) >= 11 is 0. The van der Waals surface area contributed by atoms with Gasteiger partial charge in [0, 0.05) is 37.1 Å². The van der Waals surface area contributed by atoms with Crippen LogP contribution in [0.2, 0.25) is 0 Å². The largest absolute Gasteiger partial charge is 0.339 e. The van der Waals surface area contributed by atoms with Gasteiger partial charge in [0.2, 0.25) is 5.91 Å². The Kier molecular flexibility index (Phi) is 4.81. The summed E-state index contributed by atoms with van der Waals surface area (Å²) in [4.78, 5) is 28.7. The first kappa shape index (κ1) is 18.2. The third-order valence-corrected chi connectivity index (χ3v) is 5.21. The number of para-hydroxylation sites is 1.